The summed E-state index contributed by atoms with van der Waals surface area (Å²) in [5, 5.41) is 2.13. The van der Waals surface area contributed by atoms with Crippen LogP contribution in [0.4, 0.5) is 0 Å². The molecule has 0 radical (unpaired) electrons. The Bertz CT molecular complexity index is 1130. The van der Waals surface area contributed by atoms with Gasteiger partial charge in [0.15, 0.2) is 0 Å². The molecule has 1 aliphatic rings. The van der Waals surface area contributed by atoms with Crippen molar-refractivity contribution in [2.45, 2.75) is 32.1 Å². The zero-order chi connectivity index (χ0) is 16.8. The van der Waals surface area contributed by atoms with E-state index < -0.39 is 0 Å². The van der Waals surface area contributed by atoms with E-state index in [9.17, 15) is 4.79 Å². The first kappa shape index (κ1) is 14.5. The summed E-state index contributed by atoms with van der Waals surface area (Å²) in [5.41, 5.74) is 5.45. The summed E-state index contributed by atoms with van der Waals surface area (Å²) in [4.78, 5) is 12.4. The third kappa shape index (κ3) is 2.30. The van der Waals surface area contributed by atoms with Crippen molar-refractivity contribution in [2.24, 2.45) is 0 Å². The van der Waals surface area contributed by atoms with Crippen molar-refractivity contribution >= 4 is 21.9 Å². The summed E-state index contributed by atoms with van der Waals surface area (Å²) >= 11 is 0. The van der Waals surface area contributed by atoms with E-state index in [4.69, 9.17) is 8.83 Å². The monoisotopic (exact) mass is 330 g/mol. The van der Waals surface area contributed by atoms with Gasteiger partial charge in [-0.1, -0.05) is 36.8 Å². The lowest BCUT2D eigenvalue weighted by atomic mass is 9.97. The third-order valence-electron chi connectivity index (χ3n) is 5.25. The van der Waals surface area contributed by atoms with Crippen molar-refractivity contribution in [2.75, 3.05) is 0 Å². The van der Waals surface area contributed by atoms with Gasteiger partial charge < -0.3 is 8.83 Å². The molecule has 3 heteroatoms. The molecular formula is C22H18O3. The fourth-order valence-electron chi connectivity index (χ4n) is 3.98. The number of hydrogen-bond donors (Lipinski definition) is 0. The van der Waals surface area contributed by atoms with E-state index in [1.54, 1.807) is 6.26 Å². The van der Waals surface area contributed by atoms with Gasteiger partial charge in [-0.15, -0.1) is 0 Å². The smallest absolute Gasteiger partial charge is 0.339 e. The summed E-state index contributed by atoms with van der Waals surface area (Å²) in [6.45, 7) is 0. The summed E-state index contributed by atoms with van der Waals surface area (Å²) < 4.78 is 11.4. The van der Waals surface area contributed by atoms with E-state index in [0.717, 1.165) is 58.7 Å². The van der Waals surface area contributed by atoms with Crippen molar-refractivity contribution in [3.8, 4) is 11.1 Å². The predicted molar refractivity (Wildman–Crippen MR) is 99.0 cm³/mol. The van der Waals surface area contributed by atoms with Gasteiger partial charge in [0.2, 0.25) is 0 Å². The molecule has 3 nitrogen and oxygen atoms in total. The molecule has 5 rings (SSSR count). The average Bonchev–Trinajstić information content (AvgIpc) is 2.87. The Hall–Kier alpha value is -2.81. The van der Waals surface area contributed by atoms with Gasteiger partial charge in [0, 0.05) is 28.0 Å². The largest absolute Gasteiger partial charge is 0.464 e. The van der Waals surface area contributed by atoms with Crippen molar-refractivity contribution in [3.63, 3.8) is 0 Å². The molecule has 0 fully saturated rings. The van der Waals surface area contributed by atoms with Gasteiger partial charge >= 0.3 is 5.63 Å². The van der Waals surface area contributed by atoms with Crippen LogP contribution in [0.2, 0.25) is 0 Å². The number of benzene rings is 2. The summed E-state index contributed by atoms with van der Waals surface area (Å²) in [5.74, 6) is 0. The van der Waals surface area contributed by atoms with Crippen LogP contribution in [0.15, 0.2) is 62.4 Å². The SMILES string of the molecule is O=c1oc2cc3occ(-c4ccccc4)c3cc2c2c1CCCCC2. The molecule has 0 saturated carbocycles. The number of aryl methyl sites for hydroxylation is 1. The highest BCUT2D eigenvalue weighted by Crippen LogP contribution is 2.35. The van der Waals surface area contributed by atoms with Crippen LogP contribution < -0.4 is 5.63 Å². The van der Waals surface area contributed by atoms with Gasteiger partial charge in [-0.25, -0.2) is 4.79 Å². The normalized spacial score (nSPS) is 14.6. The minimum atomic E-state index is -0.182. The highest BCUT2D eigenvalue weighted by molar-refractivity contribution is 6.02. The molecule has 0 N–H and O–H groups in total. The molecule has 0 bridgehead atoms. The molecule has 124 valence electrons. The molecule has 2 aromatic heterocycles. The Morgan fingerprint density at radius 2 is 1.60 bits per heavy atom. The number of furan rings is 1. The van der Waals surface area contributed by atoms with Gasteiger partial charge in [-0.3, -0.25) is 0 Å². The van der Waals surface area contributed by atoms with Crippen LogP contribution in [0.3, 0.4) is 0 Å². The second-order valence-electron chi connectivity index (χ2n) is 6.77. The number of fused-ring (bicyclic) bond motifs is 4. The highest BCUT2D eigenvalue weighted by Gasteiger charge is 2.19. The molecule has 0 unspecified atom stereocenters. The van der Waals surface area contributed by atoms with E-state index in [2.05, 4.69) is 18.2 Å². The maximum Gasteiger partial charge on any atom is 0.339 e. The van der Waals surface area contributed by atoms with Crippen molar-refractivity contribution in [3.05, 3.63) is 70.3 Å². The van der Waals surface area contributed by atoms with Crippen LogP contribution in [-0.2, 0) is 12.8 Å². The molecule has 0 aliphatic heterocycles. The van der Waals surface area contributed by atoms with Gasteiger partial charge in [-0.2, -0.15) is 0 Å². The quantitative estimate of drug-likeness (QED) is 0.343. The Morgan fingerprint density at radius 3 is 2.44 bits per heavy atom. The standard InChI is InChI=1S/C22H18O3/c23-22-16-10-6-2-5-9-15(16)17-11-18-19(14-7-3-1-4-8-14)13-24-20(18)12-21(17)25-22/h1,3-4,7-8,11-13H,2,5-6,9-10H2. The zero-order valence-electron chi connectivity index (χ0n) is 13.9. The number of hydrogen-bond acceptors (Lipinski definition) is 3. The maximum atomic E-state index is 12.4. The topological polar surface area (TPSA) is 43.4 Å². The molecule has 25 heavy (non-hydrogen) atoms. The van der Waals surface area contributed by atoms with Crippen molar-refractivity contribution in [1.29, 1.82) is 0 Å². The first-order chi connectivity index (χ1) is 12.3. The molecule has 1 aliphatic carbocycles. The van der Waals surface area contributed by atoms with Crippen LogP contribution in [0, 0.1) is 0 Å². The van der Waals surface area contributed by atoms with E-state index in [1.807, 2.05) is 24.3 Å². The zero-order valence-corrected chi connectivity index (χ0v) is 13.9. The van der Waals surface area contributed by atoms with Gasteiger partial charge in [0.05, 0.1) is 6.26 Å². The Morgan fingerprint density at radius 1 is 0.800 bits per heavy atom. The lowest BCUT2D eigenvalue weighted by Crippen LogP contribution is -2.10. The third-order valence-corrected chi connectivity index (χ3v) is 5.25. The summed E-state index contributed by atoms with van der Waals surface area (Å²) in [7, 11) is 0. The molecule has 4 aromatic rings. The van der Waals surface area contributed by atoms with Crippen LogP contribution in [0.25, 0.3) is 33.1 Å². The van der Waals surface area contributed by atoms with Gasteiger partial charge in [-0.05, 0) is 42.9 Å². The van der Waals surface area contributed by atoms with Crippen LogP contribution in [-0.4, -0.2) is 0 Å². The van der Waals surface area contributed by atoms with E-state index in [0.29, 0.717) is 5.58 Å². The lowest BCUT2D eigenvalue weighted by molar-refractivity contribution is 0.546. The van der Waals surface area contributed by atoms with Crippen LogP contribution in [0.5, 0.6) is 0 Å². The molecule has 2 heterocycles. The van der Waals surface area contributed by atoms with Crippen LogP contribution >= 0.6 is 0 Å². The van der Waals surface area contributed by atoms with Gasteiger partial charge in [0.25, 0.3) is 0 Å². The molecule has 0 amide bonds. The molecule has 0 saturated heterocycles. The fourth-order valence-corrected chi connectivity index (χ4v) is 3.98. The first-order valence-corrected chi connectivity index (χ1v) is 8.86. The minimum Gasteiger partial charge on any atom is -0.464 e. The molecule has 0 atom stereocenters. The molecule has 0 spiro atoms. The Labute approximate surface area is 144 Å². The second kappa shape index (κ2) is 5.62. The maximum absolute atomic E-state index is 12.4. The van der Waals surface area contributed by atoms with E-state index >= 15 is 0 Å². The van der Waals surface area contributed by atoms with E-state index in [-0.39, 0.29) is 5.63 Å². The second-order valence-corrected chi connectivity index (χ2v) is 6.77. The molecular weight excluding hydrogens is 312 g/mol. The van der Waals surface area contributed by atoms with E-state index in [1.165, 1.54) is 12.0 Å². The minimum absolute atomic E-state index is 0.182. The van der Waals surface area contributed by atoms with Crippen LogP contribution in [0.1, 0.15) is 30.4 Å². The van der Waals surface area contributed by atoms with Crippen molar-refractivity contribution < 1.29 is 8.83 Å². The Kier molecular flexibility index (Phi) is 3.27. The predicted octanol–water partition coefficient (Wildman–Crippen LogP) is 5.48. The first-order valence-electron chi connectivity index (χ1n) is 8.86. The van der Waals surface area contributed by atoms with Crippen molar-refractivity contribution in [1.82, 2.24) is 0 Å². The summed E-state index contributed by atoms with van der Waals surface area (Å²) in [6.07, 6.45) is 6.91. The average molecular weight is 330 g/mol. The van der Waals surface area contributed by atoms with Gasteiger partial charge in [0.1, 0.15) is 11.2 Å². The number of rotatable bonds is 1. The fraction of sp³-hybridized carbons (Fsp3) is 0.227. The summed E-state index contributed by atoms with van der Waals surface area (Å²) in [6, 6.07) is 14.2. The lowest BCUT2D eigenvalue weighted by Gasteiger charge is -2.08. The molecule has 2 aromatic carbocycles. The highest BCUT2D eigenvalue weighted by atomic mass is 16.4. The Balaban J connectivity index is 1.83.